The van der Waals surface area contributed by atoms with Crippen LogP contribution in [-0.4, -0.2) is 5.78 Å². The van der Waals surface area contributed by atoms with Crippen LogP contribution in [0, 0.1) is 5.41 Å². The average molecular weight is 206 g/mol. The Morgan fingerprint density at radius 1 is 1.33 bits per heavy atom. The second-order valence-corrected chi connectivity index (χ2v) is 5.31. The smallest absolute Gasteiger partial charge is 0.155 e. The topological polar surface area (TPSA) is 17.1 Å². The monoisotopic (exact) mass is 206 g/mol. The van der Waals surface area contributed by atoms with Gasteiger partial charge in [-0.1, -0.05) is 25.5 Å². The van der Waals surface area contributed by atoms with Crippen LogP contribution in [-0.2, 0) is 4.79 Å². The molecule has 0 unspecified atom stereocenters. The van der Waals surface area contributed by atoms with E-state index < -0.39 is 0 Å². The summed E-state index contributed by atoms with van der Waals surface area (Å²) in [6.45, 7) is 10.3. The van der Waals surface area contributed by atoms with Crippen molar-refractivity contribution in [3.05, 3.63) is 22.8 Å². The molecule has 0 saturated heterocycles. The molecule has 1 rings (SSSR count). The molecule has 15 heavy (non-hydrogen) atoms. The van der Waals surface area contributed by atoms with Gasteiger partial charge in [0.1, 0.15) is 0 Å². The first-order valence-corrected chi connectivity index (χ1v) is 5.74. The zero-order valence-corrected chi connectivity index (χ0v) is 10.6. The SMILES string of the molecule is CC(=O)/C(C)=C\C1=C(C)CCCC1(C)C. The van der Waals surface area contributed by atoms with Crippen molar-refractivity contribution in [2.45, 2.75) is 53.9 Å². The number of allylic oxidation sites excluding steroid dienone is 4. The zero-order chi connectivity index (χ0) is 11.6. The van der Waals surface area contributed by atoms with Crippen molar-refractivity contribution >= 4 is 5.78 Å². The first-order valence-electron chi connectivity index (χ1n) is 5.74. The highest BCUT2D eigenvalue weighted by Crippen LogP contribution is 2.41. The maximum atomic E-state index is 11.2. The molecule has 0 bridgehead atoms. The van der Waals surface area contributed by atoms with E-state index in [0.717, 1.165) is 5.57 Å². The molecule has 0 saturated carbocycles. The third kappa shape index (κ3) is 2.80. The second kappa shape index (κ2) is 4.34. The zero-order valence-electron chi connectivity index (χ0n) is 10.6. The molecule has 0 aromatic rings. The largest absolute Gasteiger partial charge is 0.295 e. The molecule has 0 N–H and O–H groups in total. The summed E-state index contributed by atoms with van der Waals surface area (Å²) in [4.78, 5) is 11.2. The highest BCUT2D eigenvalue weighted by atomic mass is 16.1. The molecule has 0 fully saturated rings. The molecule has 0 amide bonds. The van der Waals surface area contributed by atoms with Crippen molar-refractivity contribution < 1.29 is 4.79 Å². The van der Waals surface area contributed by atoms with Crippen molar-refractivity contribution in [2.24, 2.45) is 5.41 Å². The molecule has 0 aliphatic heterocycles. The lowest BCUT2D eigenvalue weighted by molar-refractivity contribution is -0.113. The van der Waals surface area contributed by atoms with Crippen molar-refractivity contribution in [3.63, 3.8) is 0 Å². The maximum absolute atomic E-state index is 11.2. The fourth-order valence-electron chi connectivity index (χ4n) is 2.28. The summed E-state index contributed by atoms with van der Waals surface area (Å²) in [5, 5.41) is 0. The van der Waals surface area contributed by atoms with E-state index in [1.165, 1.54) is 30.4 Å². The van der Waals surface area contributed by atoms with Crippen LogP contribution >= 0.6 is 0 Å². The Kier molecular flexibility index (Phi) is 3.54. The number of Topliss-reactive ketones (excluding diaryl/α,β-unsaturated/α-hetero) is 1. The minimum atomic E-state index is 0.177. The van der Waals surface area contributed by atoms with E-state index in [1.54, 1.807) is 6.92 Å². The Hall–Kier alpha value is -0.850. The molecule has 0 aromatic heterocycles. The second-order valence-electron chi connectivity index (χ2n) is 5.31. The van der Waals surface area contributed by atoms with Gasteiger partial charge in [0.05, 0.1) is 0 Å². The van der Waals surface area contributed by atoms with Gasteiger partial charge in [-0.25, -0.2) is 0 Å². The van der Waals surface area contributed by atoms with E-state index >= 15 is 0 Å². The van der Waals surface area contributed by atoms with Crippen LogP contribution < -0.4 is 0 Å². The lowest BCUT2D eigenvalue weighted by Crippen LogP contribution is -2.19. The minimum absolute atomic E-state index is 0.177. The van der Waals surface area contributed by atoms with E-state index in [1.807, 2.05) is 6.92 Å². The summed E-state index contributed by atoms with van der Waals surface area (Å²) in [7, 11) is 0. The van der Waals surface area contributed by atoms with Crippen LogP contribution in [0.2, 0.25) is 0 Å². The first kappa shape index (κ1) is 12.2. The molecule has 0 aromatic carbocycles. The summed E-state index contributed by atoms with van der Waals surface area (Å²) in [6, 6.07) is 0. The molecule has 1 nitrogen and oxygen atoms in total. The molecule has 1 heteroatoms. The van der Waals surface area contributed by atoms with Gasteiger partial charge in [0.2, 0.25) is 0 Å². The van der Waals surface area contributed by atoms with Crippen LogP contribution in [0.4, 0.5) is 0 Å². The fraction of sp³-hybridized carbons (Fsp3) is 0.643. The Balaban J connectivity index is 3.10. The molecule has 84 valence electrons. The van der Waals surface area contributed by atoms with E-state index in [2.05, 4.69) is 26.8 Å². The van der Waals surface area contributed by atoms with Gasteiger partial charge in [-0.2, -0.15) is 0 Å². The molecular formula is C14H22O. The standard InChI is InChI=1S/C14H22O/c1-10-7-6-8-14(4,5)13(10)9-11(2)12(3)15/h9H,6-8H2,1-5H3/b11-9-. The van der Waals surface area contributed by atoms with Gasteiger partial charge in [0.15, 0.2) is 5.78 Å². The van der Waals surface area contributed by atoms with Gasteiger partial charge in [0.25, 0.3) is 0 Å². The van der Waals surface area contributed by atoms with Crippen molar-refractivity contribution in [3.8, 4) is 0 Å². The molecule has 0 heterocycles. The molecule has 0 radical (unpaired) electrons. The van der Waals surface area contributed by atoms with Crippen LogP contribution in [0.3, 0.4) is 0 Å². The predicted octanol–water partition coefficient (Wildman–Crippen LogP) is 4.05. The fourth-order valence-corrected chi connectivity index (χ4v) is 2.28. The first-order chi connectivity index (χ1) is 6.84. The molecule has 0 atom stereocenters. The van der Waals surface area contributed by atoms with E-state index in [4.69, 9.17) is 0 Å². The highest BCUT2D eigenvalue weighted by molar-refractivity contribution is 5.93. The Labute approximate surface area is 93.3 Å². The number of rotatable bonds is 2. The van der Waals surface area contributed by atoms with Gasteiger partial charge in [-0.05, 0) is 56.6 Å². The number of carbonyl (C=O) groups excluding carboxylic acids is 1. The van der Waals surface area contributed by atoms with Crippen molar-refractivity contribution in [2.75, 3.05) is 0 Å². The quantitative estimate of drug-likeness (QED) is 0.623. The van der Waals surface area contributed by atoms with E-state index in [0.29, 0.717) is 0 Å². The highest BCUT2D eigenvalue weighted by Gasteiger charge is 2.27. The van der Waals surface area contributed by atoms with Gasteiger partial charge >= 0.3 is 0 Å². The summed E-state index contributed by atoms with van der Waals surface area (Å²) in [6.07, 6.45) is 5.77. The predicted molar refractivity (Wildman–Crippen MR) is 64.8 cm³/mol. The lowest BCUT2D eigenvalue weighted by atomic mass is 9.72. The minimum Gasteiger partial charge on any atom is -0.295 e. The Morgan fingerprint density at radius 2 is 1.93 bits per heavy atom. The Morgan fingerprint density at radius 3 is 2.40 bits per heavy atom. The van der Waals surface area contributed by atoms with Crippen LogP contribution in [0.15, 0.2) is 22.8 Å². The molecular weight excluding hydrogens is 184 g/mol. The molecule has 0 spiro atoms. The van der Waals surface area contributed by atoms with E-state index in [9.17, 15) is 4.79 Å². The van der Waals surface area contributed by atoms with Crippen molar-refractivity contribution in [1.29, 1.82) is 0 Å². The summed E-state index contributed by atoms with van der Waals surface area (Å²) in [5.74, 6) is 0.177. The maximum Gasteiger partial charge on any atom is 0.155 e. The third-order valence-electron chi connectivity index (χ3n) is 3.46. The van der Waals surface area contributed by atoms with Crippen molar-refractivity contribution in [1.82, 2.24) is 0 Å². The average Bonchev–Trinajstić information content (AvgIpc) is 2.10. The van der Waals surface area contributed by atoms with Crippen LogP contribution in [0.1, 0.15) is 53.9 Å². The summed E-state index contributed by atoms with van der Waals surface area (Å²) >= 11 is 0. The van der Waals surface area contributed by atoms with E-state index in [-0.39, 0.29) is 11.2 Å². The van der Waals surface area contributed by atoms with Gasteiger partial charge in [0, 0.05) is 0 Å². The normalized spacial score (nSPS) is 21.8. The Bertz CT molecular complexity index is 329. The number of carbonyl (C=O) groups is 1. The van der Waals surface area contributed by atoms with Gasteiger partial charge in [-0.3, -0.25) is 4.79 Å². The van der Waals surface area contributed by atoms with Crippen LogP contribution in [0.5, 0.6) is 0 Å². The summed E-state index contributed by atoms with van der Waals surface area (Å²) < 4.78 is 0. The summed E-state index contributed by atoms with van der Waals surface area (Å²) in [5.41, 5.74) is 3.94. The lowest BCUT2D eigenvalue weighted by Gasteiger charge is -2.33. The number of ketones is 1. The van der Waals surface area contributed by atoms with Gasteiger partial charge < -0.3 is 0 Å². The molecule has 1 aliphatic carbocycles. The van der Waals surface area contributed by atoms with Gasteiger partial charge in [-0.15, -0.1) is 0 Å². The molecule has 1 aliphatic rings. The third-order valence-corrected chi connectivity index (χ3v) is 3.46. The number of hydrogen-bond donors (Lipinski definition) is 0. The number of hydrogen-bond acceptors (Lipinski definition) is 1. The van der Waals surface area contributed by atoms with Crippen LogP contribution in [0.25, 0.3) is 0 Å².